The molecule has 1 heterocycles. The number of hydrogen-bond donors (Lipinski definition) is 1. The SMILES string of the molecule is COc1ccc(C)cc1C(O)c1snnc1C(C)C. The summed E-state index contributed by atoms with van der Waals surface area (Å²) in [6, 6.07) is 5.77. The van der Waals surface area contributed by atoms with Gasteiger partial charge in [0.25, 0.3) is 0 Å². The molecule has 0 aliphatic rings. The van der Waals surface area contributed by atoms with Crippen LogP contribution in [0.5, 0.6) is 5.75 Å². The Morgan fingerprint density at radius 3 is 2.68 bits per heavy atom. The van der Waals surface area contributed by atoms with Crippen molar-refractivity contribution in [2.24, 2.45) is 0 Å². The minimum Gasteiger partial charge on any atom is -0.496 e. The van der Waals surface area contributed by atoms with Gasteiger partial charge in [-0.05, 0) is 36.5 Å². The Hall–Kier alpha value is -1.46. The van der Waals surface area contributed by atoms with Gasteiger partial charge in [-0.1, -0.05) is 30.0 Å². The molecule has 19 heavy (non-hydrogen) atoms. The van der Waals surface area contributed by atoms with Crippen molar-refractivity contribution in [3.63, 3.8) is 0 Å². The van der Waals surface area contributed by atoms with Crippen LogP contribution in [-0.4, -0.2) is 21.8 Å². The van der Waals surface area contributed by atoms with E-state index in [1.165, 1.54) is 11.5 Å². The summed E-state index contributed by atoms with van der Waals surface area (Å²) in [5.74, 6) is 0.917. The fourth-order valence-electron chi connectivity index (χ4n) is 2.00. The van der Waals surface area contributed by atoms with Crippen molar-refractivity contribution < 1.29 is 9.84 Å². The van der Waals surface area contributed by atoms with E-state index in [1.807, 2.05) is 39.0 Å². The monoisotopic (exact) mass is 278 g/mol. The third-order valence-corrected chi connectivity index (χ3v) is 3.81. The molecular weight excluding hydrogens is 260 g/mol. The average molecular weight is 278 g/mol. The fourth-order valence-corrected chi connectivity index (χ4v) is 2.82. The lowest BCUT2D eigenvalue weighted by Gasteiger charge is -2.15. The van der Waals surface area contributed by atoms with Crippen molar-refractivity contribution in [1.29, 1.82) is 0 Å². The zero-order valence-corrected chi connectivity index (χ0v) is 12.4. The number of aliphatic hydroxyl groups is 1. The molecule has 0 bridgehead atoms. The molecule has 0 radical (unpaired) electrons. The van der Waals surface area contributed by atoms with Gasteiger partial charge in [0.15, 0.2) is 0 Å². The van der Waals surface area contributed by atoms with Crippen LogP contribution in [0.2, 0.25) is 0 Å². The molecule has 2 aromatic rings. The van der Waals surface area contributed by atoms with Gasteiger partial charge in [-0.15, -0.1) is 5.10 Å². The molecule has 1 aromatic carbocycles. The summed E-state index contributed by atoms with van der Waals surface area (Å²) in [5.41, 5.74) is 2.69. The number of methoxy groups -OCH3 is 1. The van der Waals surface area contributed by atoms with E-state index in [-0.39, 0.29) is 5.92 Å². The molecule has 0 fully saturated rings. The van der Waals surface area contributed by atoms with Crippen LogP contribution >= 0.6 is 11.5 Å². The highest BCUT2D eigenvalue weighted by molar-refractivity contribution is 7.05. The summed E-state index contributed by atoms with van der Waals surface area (Å²) in [5, 5.41) is 14.7. The van der Waals surface area contributed by atoms with Crippen LogP contribution in [0, 0.1) is 6.92 Å². The maximum atomic E-state index is 10.6. The smallest absolute Gasteiger partial charge is 0.125 e. The first kappa shape index (κ1) is 14.0. The first-order valence-corrected chi connectivity index (χ1v) is 6.96. The van der Waals surface area contributed by atoms with Crippen LogP contribution in [0.1, 0.15) is 47.6 Å². The lowest BCUT2D eigenvalue weighted by atomic mass is 10.0. The summed E-state index contributed by atoms with van der Waals surface area (Å²) in [6.07, 6.45) is -0.743. The van der Waals surface area contributed by atoms with Gasteiger partial charge in [-0.25, -0.2) is 0 Å². The van der Waals surface area contributed by atoms with Gasteiger partial charge in [0.2, 0.25) is 0 Å². The first-order chi connectivity index (χ1) is 9.04. The molecule has 0 aliphatic heterocycles. The van der Waals surface area contributed by atoms with Crippen LogP contribution in [-0.2, 0) is 0 Å². The lowest BCUT2D eigenvalue weighted by Crippen LogP contribution is -2.05. The van der Waals surface area contributed by atoms with Crippen molar-refractivity contribution >= 4 is 11.5 Å². The number of benzene rings is 1. The van der Waals surface area contributed by atoms with Crippen molar-refractivity contribution in [3.05, 3.63) is 39.9 Å². The van der Waals surface area contributed by atoms with Crippen molar-refractivity contribution in [1.82, 2.24) is 9.59 Å². The molecule has 0 amide bonds. The topological polar surface area (TPSA) is 55.2 Å². The second-order valence-corrected chi connectivity index (χ2v) is 5.61. The van der Waals surface area contributed by atoms with Gasteiger partial charge in [0, 0.05) is 5.56 Å². The summed E-state index contributed by atoms with van der Waals surface area (Å²) < 4.78 is 9.28. The van der Waals surface area contributed by atoms with Crippen molar-refractivity contribution in [3.8, 4) is 5.75 Å². The standard InChI is InChI=1S/C14H18N2O2S/c1-8(2)12-14(19-16-15-12)13(17)10-7-9(3)5-6-11(10)18-4/h5-8,13,17H,1-4H3. The highest BCUT2D eigenvalue weighted by Crippen LogP contribution is 2.35. The fraction of sp³-hybridized carbons (Fsp3) is 0.429. The van der Waals surface area contributed by atoms with E-state index in [0.29, 0.717) is 5.75 Å². The molecular formula is C14H18N2O2S. The highest BCUT2D eigenvalue weighted by atomic mass is 32.1. The Labute approximate surface area is 117 Å². The summed E-state index contributed by atoms with van der Waals surface area (Å²) in [4.78, 5) is 0.791. The van der Waals surface area contributed by atoms with Gasteiger partial charge in [-0.3, -0.25) is 0 Å². The predicted molar refractivity (Wildman–Crippen MR) is 75.8 cm³/mol. The molecule has 2 rings (SSSR count). The summed E-state index contributed by atoms with van der Waals surface area (Å²) in [7, 11) is 1.61. The predicted octanol–water partition coefficient (Wildman–Crippen LogP) is 3.06. The summed E-state index contributed by atoms with van der Waals surface area (Å²) in [6.45, 7) is 6.07. The molecule has 1 N–H and O–H groups in total. The van der Waals surface area contributed by atoms with E-state index < -0.39 is 6.10 Å². The van der Waals surface area contributed by atoms with E-state index in [9.17, 15) is 5.11 Å². The molecule has 0 saturated carbocycles. The highest BCUT2D eigenvalue weighted by Gasteiger charge is 2.23. The molecule has 4 nitrogen and oxygen atoms in total. The number of nitrogens with zero attached hydrogens (tertiary/aromatic N) is 2. The molecule has 1 atom stereocenters. The number of aryl methyl sites for hydroxylation is 1. The van der Waals surface area contributed by atoms with Crippen LogP contribution in [0.15, 0.2) is 18.2 Å². The number of hydrogen-bond acceptors (Lipinski definition) is 5. The number of rotatable bonds is 4. The van der Waals surface area contributed by atoms with E-state index in [2.05, 4.69) is 9.59 Å². The maximum absolute atomic E-state index is 10.6. The summed E-state index contributed by atoms with van der Waals surface area (Å²) >= 11 is 1.24. The first-order valence-electron chi connectivity index (χ1n) is 6.19. The van der Waals surface area contributed by atoms with E-state index in [0.717, 1.165) is 21.7 Å². The zero-order chi connectivity index (χ0) is 14.0. The van der Waals surface area contributed by atoms with Crippen molar-refractivity contribution in [2.45, 2.75) is 32.8 Å². The Balaban J connectivity index is 2.46. The van der Waals surface area contributed by atoms with E-state index in [4.69, 9.17) is 4.74 Å². The van der Waals surface area contributed by atoms with E-state index in [1.54, 1.807) is 7.11 Å². The molecule has 1 unspecified atom stereocenters. The van der Waals surface area contributed by atoms with Gasteiger partial charge in [-0.2, -0.15) is 0 Å². The third kappa shape index (κ3) is 2.77. The minimum atomic E-state index is -0.743. The average Bonchev–Trinajstić information content (AvgIpc) is 2.87. The quantitative estimate of drug-likeness (QED) is 0.934. The van der Waals surface area contributed by atoms with Crippen LogP contribution in [0.25, 0.3) is 0 Å². The van der Waals surface area contributed by atoms with Gasteiger partial charge >= 0.3 is 0 Å². The number of ether oxygens (including phenoxy) is 1. The normalized spacial score (nSPS) is 12.7. The van der Waals surface area contributed by atoms with Crippen LogP contribution in [0.3, 0.4) is 0 Å². The molecule has 5 heteroatoms. The molecule has 0 aliphatic carbocycles. The molecule has 0 saturated heterocycles. The largest absolute Gasteiger partial charge is 0.496 e. The Bertz CT molecular complexity index is 566. The second-order valence-electron chi connectivity index (χ2n) is 4.83. The van der Waals surface area contributed by atoms with Gasteiger partial charge in [0.1, 0.15) is 11.9 Å². The number of aromatic nitrogens is 2. The Kier molecular flexibility index (Phi) is 4.17. The van der Waals surface area contributed by atoms with E-state index >= 15 is 0 Å². The molecule has 102 valence electrons. The van der Waals surface area contributed by atoms with Crippen LogP contribution in [0.4, 0.5) is 0 Å². The van der Waals surface area contributed by atoms with Crippen molar-refractivity contribution in [2.75, 3.05) is 7.11 Å². The Morgan fingerprint density at radius 2 is 2.05 bits per heavy atom. The molecule has 1 aromatic heterocycles. The number of aliphatic hydroxyl groups excluding tert-OH is 1. The molecule has 0 spiro atoms. The maximum Gasteiger partial charge on any atom is 0.125 e. The second kappa shape index (κ2) is 5.67. The zero-order valence-electron chi connectivity index (χ0n) is 11.5. The minimum absolute atomic E-state index is 0.235. The third-order valence-electron chi connectivity index (χ3n) is 3.02. The Morgan fingerprint density at radius 1 is 1.32 bits per heavy atom. The van der Waals surface area contributed by atoms with Gasteiger partial charge in [0.05, 0.1) is 17.7 Å². The van der Waals surface area contributed by atoms with Gasteiger partial charge < -0.3 is 9.84 Å². The van der Waals surface area contributed by atoms with Crippen LogP contribution < -0.4 is 4.74 Å². The lowest BCUT2D eigenvalue weighted by molar-refractivity contribution is 0.216.